The number of pyridine rings is 2. The third kappa shape index (κ3) is 4.08. The molecule has 0 bridgehead atoms. The van der Waals surface area contributed by atoms with Gasteiger partial charge in [-0.1, -0.05) is 6.07 Å². The van der Waals surface area contributed by atoms with Crippen molar-refractivity contribution in [1.82, 2.24) is 24.8 Å². The number of piperidine rings is 1. The Balaban J connectivity index is 1.48. The summed E-state index contributed by atoms with van der Waals surface area (Å²) in [5.41, 5.74) is 1.16. The first-order valence-electron chi connectivity index (χ1n) is 9.00. The number of hydrogen-bond acceptors (Lipinski definition) is 6. The lowest BCUT2D eigenvalue weighted by atomic mass is 9.91. The van der Waals surface area contributed by atoms with Gasteiger partial charge < -0.3 is 10.2 Å². The van der Waals surface area contributed by atoms with Gasteiger partial charge in [0.2, 0.25) is 5.82 Å². The van der Waals surface area contributed by atoms with Crippen LogP contribution >= 0.6 is 0 Å². The summed E-state index contributed by atoms with van der Waals surface area (Å²) < 4.78 is 0. The molecule has 7 heteroatoms. The minimum atomic E-state index is -0.110. The number of carbonyl (C=O) groups excluding carboxylic acids is 1. The average Bonchev–Trinajstić information content (AvgIpc) is 2.75. The van der Waals surface area contributed by atoms with E-state index in [2.05, 4.69) is 25.3 Å². The predicted octanol–water partition coefficient (Wildman–Crippen LogP) is 3.03. The summed E-state index contributed by atoms with van der Waals surface area (Å²) in [6.45, 7) is 1.39. The van der Waals surface area contributed by atoms with Crippen molar-refractivity contribution in [1.29, 1.82) is 0 Å². The molecule has 1 N–H and O–H groups in total. The molecular weight excluding hydrogens is 340 g/mol. The van der Waals surface area contributed by atoms with Gasteiger partial charge in [0.1, 0.15) is 11.6 Å². The quantitative estimate of drug-likeness (QED) is 0.770. The second kappa shape index (κ2) is 7.90. The summed E-state index contributed by atoms with van der Waals surface area (Å²) in [4.78, 5) is 31.3. The van der Waals surface area contributed by atoms with Crippen LogP contribution in [0.4, 0.5) is 11.6 Å². The van der Waals surface area contributed by atoms with E-state index in [-0.39, 0.29) is 17.6 Å². The average molecular weight is 360 g/mol. The molecule has 7 nitrogen and oxygen atoms in total. The van der Waals surface area contributed by atoms with E-state index in [0.29, 0.717) is 6.54 Å². The molecule has 3 aromatic heterocycles. The van der Waals surface area contributed by atoms with Crippen molar-refractivity contribution in [2.75, 3.05) is 18.4 Å². The van der Waals surface area contributed by atoms with Gasteiger partial charge in [0, 0.05) is 43.8 Å². The van der Waals surface area contributed by atoms with Gasteiger partial charge in [-0.2, -0.15) is 0 Å². The molecule has 136 valence electrons. The van der Waals surface area contributed by atoms with Crippen molar-refractivity contribution in [3.63, 3.8) is 0 Å². The van der Waals surface area contributed by atoms with Gasteiger partial charge in [0.15, 0.2) is 0 Å². The Morgan fingerprint density at radius 2 is 1.78 bits per heavy atom. The van der Waals surface area contributed by atoms with E-state index in [4.69, 9.17) is 0 Å². The van der Waals surface area contributed by atoms with Crippen molar-refractivity contribution in [3.05, 3.63) is 72.6 Å². The fourth-order valence-electron chi connectivity index (χ4n) is 3.32. The van der Waals surface area contributed by atoms with Crippen LogP contribution in [0.25, 0.3) is 0 Å². The summed E-state index contributed by atoms with van der Waals surface area (Å²) >= 11 is 0. The molecule has 1 atom stereocenters. The fourth-order valence-corrected chi connectivity index (χ4v) is 3.32. The van der Waals surface area contributed by atoms with Crippen molar-refractivity contribution in [2.24, 2.45) is 0 Å². The molecule has 1 aliphatic heterocycles. The lowest BCUT2D eigenvalue weighted by Crippen LogP contribution is -2.39. The molecule has 27 heavy (non-hydrogen) atoms. The first kappa shape index (κ1) is 17.1. The molecule has 1 saturated heterocycles. The summed E-state index contributed by atoms with van der Waals surface area (Å²) in [7, 11) is 0. The smallest absolute Gasteiger partial charge is 0.291 e. The van der Waals surface area contributed by atoms with Gasteiger partial charge in [0.05, 0.1) is 0 Å². The van der Waals surface area contributed by atoms with Crippen LogP contribution in [0, 0.1) is 0 Å². The third-order valence-corrected chi connectivity index (χ3v) is 4.64. The number of rotatable bonds is 4. The first-order valence-corrected chi connectivity index (χ1v) is 9.00. The molecule has 0 saturated carbocycles. The van der Waals surface area contributed by atoms with Gasteiger partial charge >= 0.3 is 0 Å². The van der Waals surface area contributed by atoms with Crippen LogP contribution in [-0.4, -0.2) is 43.8 Å². The van der Waals surface area contributed by atoms with Gasteiger partial charge in [-0.3, -0.25) is 4.79 Å². The number of aromatic nitrogens is 4. The van der Waals surface area contributed by atoms with Crippen LogP contribution in [-0.2, 0) is 0 Å². The lowest BCUT2D eigenvalue weighted by Gasteiger charge is -2.32. The number of anilines is 2. The molecule has 4 rings (SSSR count). The summed E-state index contributed by atoms with van der Waals surface area (Å²) in [6, 6.07) is 11.5. The maximum absolute atomic E-state index is 12.7. The second-order valence-corrected chi connectivity index (χ2v) is 6.48. The van der Waals surface area contributed by atoms with E-state index in [1.807, 2.05) is 35.2 Å². The van der Waals surface area contributed by atoms with Crippen LogP contribution in [0.2, 0.25) is 0 Å². The van der Waals surface area contributed by atoms with Crippen LogP contribution in [0.5, 0.6) is 0 Å². The highest BCUT2D eigenvalue weighted by Crippen LogP contribution is 2.28. The third-order valence-electron chi connectivity index (χ3n) is 4.64. The number of nitrogens with one attached hydrogen (secondary N) is 1. The maximum atomic E-state index is 12.7. The Morgan fingerprint density at radius 1 is 0.963 bits per heavy atom. The summed E-state index contributed by atoms with van der Waals surface area (Å²) in [6.07, 6.45) is 8.71. The molecule has 0 unspecified atom stereocenters. The molecule has 0 aliphatic carbocycles. The molecule has 1 aliphatic rings. The molecule has 0 spiro atoms. The number of amides is 1. The van der Waals surface area contributed by atoms with E-state index in [1.54, 1.807) is 30.9 Å². The number of likely N-dealkylation sites (tertiary alicyclic amines) is 1. The van der Waals surface area contributed by atoms with Crippen molar-refractivity contribution in [2.45, 2.75) is 18.8 Å². The highest BCUT2D eigenvalue weighted by Gasteiger charge is 2.27. The van der Waals surface area contributed by atoms with E-state index in [1.165, 1.54) is 0 Å². The van der Waals surface area contributed by atoms with Crippen LogP contribution in [0.3, 0.4) is 0 Å². The minimum Gasteiger partial charge on any atom is -0.335 e. The normalized spacial score (nSPS) is 16.7. The first-order chi connectivity index (χ1) is 13.3. The van der Waals surface area contributed by atoms with Crippen molar-refractivity contribution < 1.29 is 4.79 Å². The van der Waals surface area contributed by atoms with E-state index >= 15 is 0 Å². The molecule has 4 heterocycles. The van der Waals surface area contributed by atoms with Gasteiger partial charge in [0.25, 0.3) is 5.91 Å². The Morgan fingerprint density at radius 3 is 2.59 bits per heavy atom. The molecule has 0 aromatic carbocycles. The van der Waals surface area contributed by atoms with Crippen LogP contribution < -0.4 is 5.32 Å². The zero-order valence-corrected chi connectivity index (χ0v) is 14.8. The molecule has 1 amide bonds. The van der Waals surface area contributed by atoms with Crippen LogP contribution in [0.1, 0.15) is 34.9 Å². The fraction of sp³-hybridized carbons (Fsp3) is 0.250. The maximum Gasteiger partial charge on any atom is 0.291 e. The zero-order valence-electron chi connectivity index (χ0n) is 14.8. The Hall–Kier alpha value is -3.35. The van der Waals surface area contributed by atoms with Gasteiger partial charge in [-0.05, 0) is 48.7 Å². The Labute approximate surface area is 157 Å². The molecular formula is C20H20N6O. The monoisotopic (exact) mass is 360 g/mol. The molecule has 3 aromatic rings. The topological polar surface area (TPSA) is 83.9 Å². The van der Waals surface area contributed by atoms with Gasteiger partial charge in [-0.15, -0.1) is 0 Å². The summed E-state index contributed by atoms with van der Waals surface area (Å²) in [5, 5.41) is 3.22. The largest absolute Gasteiger partial charge is 0.335 e. The van der Waals surface area contributed by atoms with E-state index in [0.717, 1.165) is 36.6 Å². The van der Waals surface area contributed by atoms with Crippen molar-refractivity contribution >= 4 is 17.5 Å². The van der Waals surface area contributed by atoms with E-state index in [9.17, 15) is 4.79 Å². The lowest BCUT2D eigenvalue weighted by molar-refractivity contribution is 0.0694. The SMILES string of the molecule is O=C(c1ncccn1)N1CCC[C@H](c2ccnc(Nc3ccccn3)c2)C1. The number of carbonyl (C=O) groups is 1. The van der Waals surface area contributed by atoms with Crippen LogP contribution in [0.15, 0.2) is 61.2 Å². The van der Waals surface area contributed by atoms with Gasteiger partial charge in [-0.25, -0.2) is 19.9 Å². The van der Waals surface area contributed by atoms with E-state index < -0.39 is 0 Å². The number of nitrogens with zero attached hydrogens (tertiary/aromatic N) is 5. The number of hydrogen-bond donors (Lipinski definition) is 1. The standard InChI is InChI=1S/C20H20N6O/c27-20(19-23-9-4-10-24-19)26-12-3-5-16(14-26)15-7-11-22-18(13-15)25-17-6-1-2-8-21-17/h1-2,4,6-11,13,16H,3,5,12,14H2,(H,21,22,25)/t16-/m0/s1. The zero-order chi connectivity index (χ0) is 18.5. The predicted molar refractivity (Wildman–Crippen MR) is 102 cm³/mol. The highest BCUT2D eigenvalue weighted by atomic mass is 16.2. The molecule has 0 radical (unpaired) electrons. The molecule has 1 fully saturated rings. The second-order valence-electron chi connectivity index (χ2n) is 6.48. The summed E-state index contributed by atoms with van der Waals surface area (Å²) in [5.74, 6) is 1.91. The van der Waals surface area contributed by atoms with Crippen molar-refractivity contribution in [3.8, 4) is 0 Å². The minimum absolute atomic E-state index is 0.110. The Kier molecular flexibility index (Phi) is 5.00. The highest BCUT2D eigenvalue weighted by molar-refractivity contribution is 5.90. The Bertz CT molecular complexity index is 903.